The van der Waals surface area contributed by atoms with Crippen molar-refractivity contribution in [1.82, 2.24) is 19.6 Å². The maximum atomic E-state index is 12.4. The molecule has 0 atom stereocenters. The van der Waals surface area contributed by atoms with Crippen LogP contribution >= 0.6 is 11.3 Å². The Labute approximate surface area is 128 Å². The summed E-state index contributed by atoms with van der Waals surface area (Å²) in [6.45, 7) is 2.18. The van der Waals surface area contributed by atoms with Crippen LogP contribution in [0.4, 0.5) is 0 Å². The Hall–Kier alpha value is -1.66. The van der Waals surface area contributed by atoms with E-state index in [1.807, 2.05) is 47.6 Å². The van der Waals surface area contributed by atoms with Crippen LogP contribution in [0.3, 0.4) is 0 Å². The minimum absolute atomic E-state index is 0.195. The summed E-state index contributed by atoms with van der Waals surface area (Å²) < 4.78 is 1.92. The van der Waals surface area contributed by atoms with E-state index < -0.39 is 0 Å². The van der Waals surface area contributed by atoms with Crippen LogP contribution in [0, 0.1) is 0 Å². The van der Waals surface area contributed by atoms with Gasteiger partial charge in [0, 0.05) is 25.7 Å². The largest absolute Gasteiger partial charge is 0.332 e. The summed E-state index contributed by atoms with van der Waals surface area (Å²) in [5.74, 6) is 0.195. The van der Waals surface area contributed by atoms with Gasteiger partial charge >= 0.3 is 0 Å². The molecule has 5 nitrogen and oxygen atoms in total. The van der Waals surface area contributed by atoms with Crippen LogP contribution in [0.2, 0.25) is 0 Å². The lowest BCUT2D eigenvalue weighted by Crippen LogP contribution is -2.28. The third kappa shape index (κ3) is 2.87. The second-order valence-electron chi connectivity index (χ2n) is 5.79. The molecule has 0 bridgehead atoms. The first-order chi connectivity index (χ1) is 10.0. The Morgan fingerprint density at radius 1 is 1.43 bits per heavy atom. The van der Waals surface area contributed by atoms with Crippen molar-refractivity contribution in [1.29, 1.82) is 0 Å². The standard InChI is InChI=1S/C15H20N4OS/c1-17(2)8-13-12-7-19(9-14(12)18(3)16-13)15(20)6-11-4-5-21-10-11/h4-5,10H,6-9H2,1-3H3. The summed E-state index contributed by atoms with van der Waals surface area (Å²) in [5, 5.41) is 8.64. The molecule has 0 saturated carbocycles. The van der Waals surface area contributed by atoms with Gasteiger partial charge in [0.2, 0.25) is 5.91 Å². The van der Waals surface area contributed by atoms with Crippen LogP contribution in [0.5, 0.6) is 0 Å². The predicted molar refractivity (Wildman–Crippen MR) is 82.9 cm³/mol. The average molecular weight is 304 g/mol. The van der Waals surface area contributed by atoms with Gasteiger partial charge in [-0.1, -0.05) is 0 Å². The van der Waals surface area contributed by atoms with E-state index in [1.54, 1.807) is 11.3 Å². The van der Waals surface area contributed by atoms with E-state index in [0.717, 1.165) is 17.8 Å². The first kappa shape index (κ1) is 14.3. The molecule has 0 saturated heterocycles. The second-order valence-corrected chi connectivity index (χ2v) is 6.57. The van der Waals surface area contributed by atoms with Crippen molar-refractivity contribution in [2.45, 2.75) is 26.1 Å². The fourth-order valence-corrected chi connectivity index (χ4v) is 3.42. The molecule has 21 heavy (non-hydrogen) atoms. The van der Waals surface area contributed by atoms with E-state index in [2.05, 4.69) is 10.00 Å². The van der Waals surface area contributed by atoms with Crippen molar-refractivity contribution in [2.75, 3.05) is 14.1 Å². The molecule has 0 radical (unpaired) electrons. The SMILES string of the molecule is CN(C)Cc1nn(C)c2c1CN(C(=O)Cc1ccsc1)C2. The fraction of sp³-hybridized carbons (Fsp3) is 0.467. The second kappa shape index (κ2) is 5.61. The highest BCUT2D eigenvalue weighted by Gasteiger charge is 2.29. The zero-order chi connectivity index (χ0) is 15.0. The van der Waals surface area contributed by atoms with Gasteiger partial charge < -0.3 is 9.80 Å². The first-order valence-electron chi connectivity index (χ1n) is 7.02. The molecule has 0 spiro atoms. The minimum Gasteiger partial charge on any atom is -0.332 e. The molecule has 2 aromatic heterocycles. The molecule has 0 unspecified atom stereocenters. The highest BCUT2D eigenvalue weighted by molar-refractivity contribution is 7.07. The Kier molecular flexibility index (Phi) is 3.82. The van der Waals surface area contributed by atoms with Crippen LogP contribution < -0.4 is 0 Å². The summed E-state index contributed by atoms with van der Waals surface area (Å²) in [6, 6.07) is 2.02. The number of amides is 1. The normalized spacial score (nSPS) is 14.0. The maximum absolute atomic E-state index is 12.4. The van der Waals surface area contributed by atoms with Gasteiger partial charge in [0.25, 0.3) is 0 Å². The number of rotatable bonds is 4. The van der Waals surface area contributed by atoms with E-state index in [4.69, 9.17) is 0 Å². The van der Waals surface area contributed by atoms with E-state index >= 15 is 0 Å². The van der Waals surface area contributed by atoms with Crippen molar-refractivity contribution >= 4 is 17.2 Å². The first-order valence-corrected chi connectivity index (χ1v) is 7.96. The summed E-state index contributed by atoms with van der Waals surface area (Å²) in [5.41, 5.74) is 4.59. The third-order valence-corrected chi connectivity index (χ3v) is 4.53. The van der Waals surface area contributed by atoms with E-state index in [1.165, 1.54) is 11.3 Å². The highest BCUT2D eigenvalue weighted by atomic mass is 32.1. The number of thiophene rings is 1. The van der Waals surface area contributed by atoms with Crippen molar-refractivity contribution in [3.8, 4) is 0 Å². The number of aryl methyl sites for hydroxylation is 1. The van der Waals surface area contributed by atoms with Crippen LogP contribution in [0.25, 0.3) is 0 Å². The molecule has 3 heterocycles. The van der Waals surface area contributed by atoms with Crippen LogP contribution in [0.1, 0.15) is 22.5 Å². The number of aromatic nitrogens is 2. The average Bonchev–Trinajstić information content (AvgIpc) is 3.09. The topological polar surface area (TPSA) is 41.4 Å². The fourth-order valence-electron chi connectivity index (χ4n) is 2.75. The zero-order valence-electron chi connectivity index (χ0n) is 12.7. The molecule has 1 aliphatic heterocycles. The molecule has 3 rings (SSSR count). The molecule has 0 fully saturated rings. The summed E-state index contributed by atoms with van der Waals surface area (Å²) in [6.07, 6.45) is 0.494. The number of fused-ring (bicyclic) bond motifs is 1. The molecule has 0 N–H and O–H groups in total. The van der Waals surface area contributed by atoms with Gasteiger partial charge in [-0.25, -0.2) is 0 Å². The minimum atomic E-state index is 0.195. The molecule has 0 aromatic carbocycles. The molecule has 1 amide bonds. The van der Waals surface area contributed by atoms with Crippen molar-refractivity contribution in [3.05, 3.63) is 39.3 Å². The van der Waals surface area contributed by atoms with Crippen molar-refractivity contribution < 1.29 is 4.79 Å². The van der Waals surface area contributed by atoms with Crippen LogP contribution in [-0.4, -0.2) is 39.6 Å². The molecule has 0 aliphatic carbocycles. The Balaban J connectivity index is 1.73. The van der Waals surface area contributed by atoms with Crippen molar-refractivity contribution in [2.24, 2.45) is 7.05 Å². The molecule has 112 valence electrons. The van der Waals surface area contributed by atoms with Gasteiger partial charge in [-0.2, -0.15) is 16.4 Å². The monoisotopic (exact) mass is 304 g/mol. The van der Waals surface area contributed by atoms with Gasteiger partial charge in [-0.3, -0.25) is 9.48 Å². The van der Waals surface area contributed by atoms with Gasteiger partial charge in [0.15, 0.2) is 0 Å². The summed E-state index contributed by atoms with van der Waals surface area (Å²) >= 11 is 1.63. The zero-order valence-corrected chi connectivity index (χ0v) is 13.5. The lowest BCUT2D eigenvalue weighted by molar-refractivity contribution is -0.131. The Bertz CT molecular complexity index is 645. The number of hydrogen-bond donors (Lipinski definition) is 0. The highest BCUT2D eigenvalue weighted by Crippen LogP contribution is 2.26. The predicted octanol–water partition coefficient (Wildman–Crippen LogP) is 1.63. The molecular formula is C15H20N4OS. The molecule has 6 heteroatoms. The Morgan fingerprint density at radius 2 is 2.24 bits per heavy atom. The van der Waals surface area contributed by atoms with E-state index in [0.29, 0.717) is 19.5 Å². The molecular weight excluding hydrogens is 284 g/mol. The number of carbonyl (C=O) groups is 1. The van der Waals surface area contributed by atoms with E-state index in [9.17, 15) is 4.79 Å². The van der Waals surface area contributed by atoms with Crippen molar-refractivity contribution in [3.63, 3.8) is 0 Å². The smallest absolute Gasteiger partial charge is 0.227 e. The molecule has 2 aromatic rings. The lowest BCUT2D eigenvalue weighted by Gasteiger charge is -2.16. The number of carbonyl (C=O) groups excluding carboxylic acids is 1. The quantitative estimate of drug-likeness (QED) is 0.862. The van der Waals surface area contributed by atoms with Gasteiger partial charge in [0.05, 0.1) is 24.4 Å². The van der Waals surface area contributed by atoms with Gasteiger partial charge in [-0.05, 0) is 36.5 Å². The van der Waals surface area contributed by atoms with Crippen LogP contribution in [0.15, 0.2) is 16.8 Å². The summed E-state index contributed by atoms with van der Waals surface area (Å²) in [4.78, 5) is 16.5. The maximum Gasteiger partial charge on any atom is 0.227 e. The summed E-state index contributed by atoms with van der Waals surface area (Å²) in [7, 11) is 6.04. The Morgan fingerprint density at radius 3 is 2.90 bits per heavy atom. The lowest BCUT2D eigenvalue weighted by atomic mass is 10.2. The van der Waals surface area contributed by atoms with E-state index in [-0.39, 0.29) is 5.91 Å². The third-order valence-electron chi connectivity index (χ3n) is 3.80. The van der Waals surface area contributed by atoms with Gasteiger partial charge in [0.1, 0.15) is 0 Å². The number of nitrogens with zero attached hydrogens (tertiary/aromatic N) is 4. The molecule has 1 aliphatic rings. The van der Waals surface area contributed by atoms with Crippen LogP contribution in [-0.2, 0) is 37.9 Å². The number of hydrogen-bond acceptors (Lipinski definition) is 4. The van der Waals surface area contributed by atoms with Gasteiger partial charge in [-0.15, -0.1) is 0 Å².